The van der Waals surface area contributed by atoms with Gasteiger partial charge in [0.15, 0.2) is 0 Å². The number of hydrogen-bond acceptors (Lipinski definition) is 6. The lowest BCUT2D eigenvalue weighted by atomic mass is 10.2. The molecule has 154 valence electrons. The molecule has 0 aliphatic rings. The molecule has 29 heavy (non-hydrogen) atoms. The van der Waals surface area contributed by atoms with Gasteiger partial charge in [0.25, 0.3) is 0 Å². The Hall–Kier alpha value is -2.18. The maximum absolute atomic E-state index is 5.76. The zero-order valence-corrected chi connectivity index (χ0v) is 17.8. The first-order valence-electron chi connectivity index (χ1n) is 9.72. The molecule has 0 amide bonds. The van der Waals surface area contributed by atoms with Gasteiger partial charge >= 0.3 is 0 Å². The Morgan fingerprint density at radius 1 is 0.828 bits per heavy atom. The van der Waals surface area contributed by atoms with Crippen molar-refractivity contribution >= 4 is 23.4 Å². The van der Waals surface area contributed by atoms with Gasteiger partial charge in [0.1, 0.15) is 11.5 Å². The van der Waals surface area contributed by atoms with Crippen LogP contribution in [0, 0.1) is 0 Å². The summed E-state index contributed by atoms with van der Waals surface area (Å²) in [6.45, 7) is 1.34. The van der Waals surface area contributed by atoms with Gasteiger partial charge in [-0.15, -0.1) is 33.6 Å². The van der Waals surface area contributed by atoms with Gasteiger partial charge in [-0.2, -0.15) is 0 Å². The molecule has 5 nitrogen and oxygen atoms in total. The Morgan fingerprint density at radius 3 is 2.38 bits per heavy atom. The predicted octanol–water partition coefficient (Wildman–Crippen LogP) is 5.84. The number of halogens is 1. The van der Waals surface area contributed by atoms with Crippen LogP contribution in [-0.4, -0.2) is 35.0 Å². The molecule has 0 radical (unpaired) electrons. The second-order valence-electron chi connectivity index (χ2n) is 6.34. The van der Waals surface area contributed by atoms with Crippen molar-refractivity contribution in [3.05, 3.63) is 60.5 Å². The standard InChI is InChI=1S/C22H25ClN2O3S/c23-13-5-2-6-14-26-20-11-9-18(10-12-20)22-25-24-21(28-22)17-29-16-15-27-19-7-3-1-4-8-19/h1,3-4,7-12H,2,5-6,13-17H2. The number of thioether (sulfide) groups is 1. The van der Waals surface area contributed by atoms with Crippen LogP contribution < -0.4 is 9.47 Å². The van der Waals surface area contributed by atoms with Crippen molar-refractivity contribution in [1.29, 1.82) is 0 Å². The molecule has 3 rings (SSSR count). The molecule has 2 aromatic carbocycles. The number of aromatic nitrogens is 2. The summed E-state index contributed by atoms with van der Waals surface area (Å²) in [6.07, 6.45) is 3.12. The van der Waals surface area contributed by atoms with Crippen molar-refractivity contribution in [3.8, 4) is 23.0 Å². The highest BCUT2D eigenvalue weighted by Crippen LogP contribution is 2.23. The molecule has 0 bridgehead atoms. The van der Waals surface area contributed by atoms with Crippen LogP contribution in [0.2, 0.25) is 0 Å². The van der Waals surface area contributed by atoms with E-state index in [0.29, 0.717) is 36.6 Å². The van der Waals surface area contributed by atoms with E-state index >= 15 is 0 Å². The zero-order chi connectivity index (χ0) is 20.2. The number of para-hydroxylation sites is 1. The fourth-order valence-corrected chi connectivity index (χ4v) is 3.41. The normalized spacial score (nSPS) is 10.8. The molecule has 7 heteroatoms. The summed E-state index contributed by atoms with van der Waals surface area (Å²) in [5, 5.41) is 8.27. The molecule has 0 spiro atoms. The van der Waals surface area contributed by atoms with Gasteiger partial charge in [-0.3, -0.25) is 0 Å². The molecule has 1 aromatic heterocycles. The van der Waals surface area contributed by atoms with Gasteiger partial charge in [-0.1, -0.05) is 18.2 Å². The van der Waals surface area contributed by atoms with Crippen LogP contribution in [0.25, 0.3) is 11.5 Å². The first-order valence-corrected chi connectivity index (χ1v) is 11.4. The Kier molecular flexibility index (Phi) is 9.20. The van der Waals surface area contributed by atoms with Crippen LogP contribution >= 0.6 is 23.4 Å². The molecule has 0 N–H and O–H groups in total. The third-order valence-corrected chi connectivity index (χ3v) is 5.25. The zero-order valence-electron chi connectivity index (χ0n) is 16.3. The number of nitrogens with zero attached hydrogens (tertiary/aromatic N) is 2. The highest BCUT2D eigenvalue weighted by Gasteiger charge is 2.09. The molecule has 1 heterocycles. The molecule has 0 fully saturated rings. The fraction of sp³-hybridized carbons (Fsp3) is 0.364. The predicted molar refractivity (Wildman–Crippen MR) is 118 cm³/mol. The summed E-state index contributed by atoms with van der Waals surface area (Å²) in [5.74, 6) is 5.09. The average Bonchev–Trinajstić information content (AvgIpc) is 3.23. The van der Waals surface area contributed by atoms with E-state index in [-0.39, 0.29) is 0 Å². The van der Waals surface area contributed by atoms with Gasteiger partial charge in [-0.25, -0.2) is 0 Å². The van der Waals surface area contributed by atoms with Crippen LogP contribution in [0.3, 0.4) is 0 Å². The Balaban J connectivity index is 1.37. The Labute approximate surface area is 180 Å². The Bertz CT molecular complexity index is 828. The summed E-state index contributed by atoms with van der Waals surface area (Å²) >= 11 is 7.37. The van der Waals surface area contributed by atoms with E-state index in [1.54, 1.807) is 11.8 Å². The van der Waals surface area contributed by atoms with Crippen molar-refractivity contribution in [2.75, 3.05) is 24.8 Å². The lowest BCUT2D eigenvalue weighted by molar-refractivity contribution is 0.306. The van der Waals surface area contributed by atoms with E-state index in [1.165, 1.54) is 0 Å². The minimum Gasteiger partial charge on any atom is -0.494 e. The van der Waals surface area contributed by atoms with Gasteiger partial charge in [0, 0.05) is 17.2 Å². The van der Waals surface area contributed by atoms with Crippen LogP contribution in [0.4, 0.5) is 0 Å². The Morgan fingerprint density at radius 2 is 1.59 bits per heavy atom. The number of alkyl halides is 1. The highest BCUT2D eigenvalue weighted by atomic mass is 35.5. The number of ether oxygens (including phenoxy) is 2. The maximum Gasteiger partial charge on any atom is 0.247 e. The largest absolute Gasteiger partial charge is 0.494 e. The topological polar surface area (TPSA) is 57.4 Å². The number of hydrogen-bond donors (Lipinski definition) is 0. The molecule has 0 atom stereocenters. The molecule has 0 unspecified atom stereocenters. The SMILES string of the molecule is ClCCCCCOc1ccc(-c2nnc(CSCCOc3ccccc3)o2)cc1. The second kappa shape index (κ2) is 12.4. The third kappa shape index (κ3) is 7.63. The van der Waals surface area contributed by atoms with Crippen molar-refractivity contribution in [2.45, 2.75) is 25.0 Å². The molecular formula is C22H25ClN2O3S. The van der Waals surface area contributed by atoms with E-state index in [0.717, 1.165) is 42.1 Å². The van der Waals surface area contributed by atoms with Crippen molar-refractivity contribution in [3.63, 3.8) is 0 Å². The summed E-state index contributed by atoms with van der Waals surface area (Å²) in [5.41, 5.74) is 0.885. The number of unbranched alkanes of at least 4 members (excludes halogenated alkanes) is 2. The molecular weight excluding hydrogens is 408 g/mol. The first-order chi connectivity index (χ1) is 14.3. The second-order valence-corrected chi connectivity index (χ2v) is 7.82. The van der Waals surface area contributed by atoms with Crippen LogP contribution in [-0.2, 0) is 5.75 Å². The molecule has 0 aliphatic carbocycles. The average molecular weight is 433 g/mol. The van der Waals surface area contributed by atoms with E-state index in [9.17, 15) is 0 Å². The summed E-state index contributed by atoms with van der Waals surface area (Å²) < 4.78 is 17.2. The van der Waals surface area contributed by atoms with Gasteiger partial charge in [0.05, 0.1) is 19.0 Å². The highest BCUT2D eigenvalue weighted by molar-refractivity contribution is 7.98. The summed E-state index contributed by atoms with van der Waals surface area (Å²) in [4.78, 5) is 0. The van der Waals surface area contributed by atoms with Crippen LogP contribution in [0.1, 0.15) is 25.2 Å². The number of benzene rings is 2. The van der Waals surface area contributed by atoms with E-state index in [1.807, 2.05) is 54.6 Å². The molecule has 0 saturated carbocycles. The quantitative estimate of drug-likeness (QED) is 0.250. The maximum atomic E-state index is 5.76. The lowest BCUT2D eigenvalue weighted by Crippen LogP contribution is -2.00. The monoisotopic (exact) mass is 432 g/mol. The van der Waals surface area contributed by atoms with Crippen LogP contribution in [0.15, 0.2) is 59.0 Å². The lowest BCUT2D eigenvalue weighted by Gasteiger charge is -2.06. The first kappa shape index (κ1) is 21.5. The van der Waals surface area contributed by atoms with Gasteiger partial charge < -0.3 is 13.9 Å². The number of rotatable bonds is 13. The minimum atomic E-state index is 0.523. The molecule has 3 aromatic rings. The molecule has 0 aliphatic heterocycles. The van der Waals surface area contributed by atoms with Crippen molar-refractivity contribution in [2.24, 2.45) is 0 Å². The van der Waals surface area contributed by atoms with Crippen molar-refractivity contribution < 1.29 is 13.9 Å². The summed E-state index contributed by atoms with van der Waals surface area (Å²) in [7, 11) is 0. The summed E-state index contributed by atoms with van der Waals surface area (Å²) in [6, 6.07) is 17.5. The smallest absolute Gasteiger partial charge is 0.247 e. The van der Waals surface area contributed by atoms with E-state index in [4.69, 9.17) is 25.5 Å². The molecule has 0 saturated heterocycles. The van der Waals surface area contributed by atoms with Gasteiger partial charge in [0.2, 0.25) is 11.8 Å². The van der Waals surface area contributed by atoms with E-state index < -0.39 is 0 Å². The van der Waals surface area contributed by atoms with Crippen LogP contribution in [0.5, 0.6) is 11.5 Å². The fourth-order valence-electron chi connectivity index (χ4n) is 2.58. The van der Waals surface area contributed by atoms with Crippen molar-refractivity contribution in [1.82, 2.24) is 10.2 Å². The minimum absolute atomic E-state index is 0.523. The van der Waals surface area contributed by atoms with E-state index in [2.05, 4.69) is 10.2 Å². The van der Waals surface area contributed by atoms with Gasteiger partial charge in [-0.05, 0) is 55.7 Å². The third-order valence-electron chi connectivity index (χ3n) is 4.08.